The number of methoxy groups -OCH3 is 1. The molecule has 0 saturated carbocycles. The lowest BCUT2D eigenvalue weighted by Gasteiger charge is -2.12. The smallest absolute Gasteiger partial charge is 0.373 e. The highest BCUT2D eigenvalue weighted by Gasteiger charge is 2.18. The molecule has 0 spiro atoms. The molecule has 0 saturated heterocycles. The van der Waals surface area contributed by atoms with Gasteiger partial charge in [0, 0.05) is 0 Å². The van der Waals surface area contributed by atoms with Crippen LogP contribution in [0.25, 0.3) is 0 Å². The Bertz CT molecular complexity index is 343. The van der Waals surface area contributed by atoms with Gasteiger partial charge in [-0.2, -0.15) is 0 Å². The number of hydrogen-bond acceptors (Lipinski definition) is 4. The summed E-state index contributed by atoms with van der Waals surface area (Å²) in [6.45, 7) is 4.13. The number of carbonyl (C=O) groups excluding carboxylic acids is 1. The summed E-state index contributed by atoms with van der Waals surface area (Å²) < 4.78 is 9.74. The third kappa shape index (κ3) is 3.10. The molecule has 2 atom stereocenters. The maximum atomic E-state index is 11.1. The van der Waals surface area contributed by atoms with Gasteiger partial charge < -0.3 is 14.3 Å². The van der Waals surface area contributed by atoms with Crippen molar-refractivity contribution in [2.45, 2.75) is 32.8 Å². The topological polar surface area (TPSA) is 59.7 Å². The molecule has 1 rings (SSSR count). The first-order valence-electron chi connectivity index (χ1n) is 5.44. The maximum Gasteiger partial charge on any atom is 0.373 e. The second kappa shape index (κ2) is 5.70. The molecule has 0 aliphatic rings. The molecule has 2 unspecified atom stereocenters. The second-order valence-corrected chi connectivity index (χ2v) is 3.96. The molecule has 1 heterocycles. The highest BCUT2D eigenvalue weighted by molar-refractivity contribution is 5.86. The van der Waals surface area contributed by atoms with Crippen molar-refractivity contribution in [3.63, 3.8) is 0 Å². The van der Waals surface area contributed by atoms with E-state index in [1.54, 1.807) is 6.07 Å². The summed E-state index contributed by atoms with van der Waals surface area (Å²) in [5.41, 5.74) is 0. The summed E-state index contributed by atoms with van der Waals surface area (Å²) in [4.78, 5) is 11.1. The Hall–Kier alpha value is -1.29. The Morgan fingerprint density at radius 3 is 2.81 bits per heavy atom. The van der Waals surface area contributed by atoms with Crippen LogP contribution < -0.4 is 0 Å². The summed E-state index contributed by atoms with van der Waals surface area (Å²) in [6.07, 6.45) is 0.972. The number of ether oxygens (including phenoxy) is 1. The maximum absolute atomic E-state index is 11.1. The van der Waals surface area contributed by atoms with E-state index in [1.807, 2.05) is 0 Å². The lowest BCUT2D eigenvalue weighted by atomic mass is 10.00. The Morgan fingerprint density at radius 1 is 1.56 bits per heavy atom. The first-order chi connectivity index (χ1) is 7.58. The second-order valence-electron chi connectivity index (χ2n) is 3.96. The van der Waals surface area contributed by atoms with Crippen LogP contribution in [0.1, 0.15) is 49.1 Å². The molecule has 16 heavy (non-hydrogen) atoms. The van der Waals surface area contributed by atoms with Crippen molar-refractivity contribution in [2.75, 3.05) is 7.11 Å². The van der Waals surface area contributed by atoms with E-state index in [-0.39, 0.29) is 5.76 Å². The highest BCUT2D eigenvalue weighted by Crippen LogP contribution is 2.24. The zero-order chi connectivity index (χ0) is 12.1. The quantitative estimate of drug-likeness (QED) is 0.784. The lowest BCUT2D eigenvalue weighted by molar-refractivity contribution is 0.0551. The average Bonchev–Trinajstić information content (AvgIpc) is 2.77. The standard InChI is InChI=1S/C12H18O4/c1-4-8(2)7-9(13)10-5-6-11(16-10)12(14)15-3/h5-6,8-9,13H,4,7H2,1-3H3. The normalized spacial score (nSPS) is 14.5. The Kier molecular flexibility index (Phi) is 4.55. The number of hydrogen-bond donors (Lipinski definition) is 1. The summed E-state index contributed by atoms with van der Waals surface area (Å²) in [7, 11) is 1.29. The molecule has 0 aromatic carbocycles. The molecule has 0 radical (unpaired) electrons. The van der Waals surface area contributed by atoms with Gasteiger partial charge in [-0.3, -0.25) is 0 Å². The van der Waals surface area contributed by atoms with Crippen molar-refractivity contribution in [3.8, 4) is 0 Å². The van der Waals surface area contributed by atoms with Crippen molar-refractivity contribution in [1.82, 2.24) is 0 Å². The molecular weight excluding hydrogens is 208 g/mol. The van der Waals surface area contributed by atoms with E-state index in [9.17, 15) is 9.90 Å². The molecule has 4 heteroatoms. The number of carbonyl (C=O) groups is 1. The number of rotatable bonds is 5. The third-order valence-electron chi connectivity index (χ3n) is 2.66. The van der Waals surface area contributed by atoms with Crippen molar-refractivity contribution < 1.29 is 19.1 Å². The lowest BCUT2D eigenvalue weighted by Crippen LogP contribution is -2.03. The number of furan rings is 1. The van der Waals surface area contributed by atoms with Gasteiger partial charge in [-0.05, 0) is 24.5 Å². The largest absolute Gasteiger partial charge is 0.463 e. The Balaban J connectivity index is 2.66. The van der Waals surface area contributed by atoms with E-state index in [1.165, 1.54) is 13.2 Å². The zero-order valence-electron chi connectivity index (χ0n) is 9.90. The van der Waals surface area contributed by atoms with Gasteiger partial charge in [-0.1, -0.05) is 20.3 Å². The SMILES string of the molecule is CCC(C)CC(O)c1ccc(C(=O)OC)o1. The van der Waals surface area contributed by atoms with Gasteiger partial charge >= 0.3 is 5.97 Å². The van der Waals surface area contributed by atoms with Crippen molar-refractivity contribution in [3.05, 3.63) is 23.7 Å². The van der Waals surface area contributed by atoms with Crippen molar-refractivity contribution in [2.24, 2.45) is 5.92 Å². The van der Waals surface area contributed by atoms with Crippen LogP contribution in [0.5, 0.6) is 0 Å². The minimum absolute atomic E-state index is 0.126. The van der Waals surface area contributed by atoms with Crippen LogP contribution in [0.4, 0.5) is 0 Å². The molecule has 0 fully saturated rings. The van der Waals surface area contributed by atoms with Crippen LogP contribution in [0.15, 0.2) is 16.5 Å². The van der Waals surface area contributed by atoms with Gasteiger partial charge in [0.05, 0.1) is 7.11 Å². The highest BCUT2D eigenvalue weighted by atomic mass is 16.5. The molecule has 90 valence electrons. The van der Waals surface area contributed by atoms with Gasteiger partial charge in [0.2, 0.25) is 5.76 Å². The van der Waals surface area contributed by atoms with E-state index in [0.29, 0.717) is 18.1 Å². The summed E-state index contributed by atoms with van der Waals surface area (Å²) in [6, 6.07) is 3.13. The summed E-state index contributed by atoms with van der Waals surface area (Å²) >= 11 is 0. The van der Waals surface area contributed by atoms with Gasteiger partial charge in [-0.25, -0.2) is 4.79 Å². The van der Waals surface area contributed by atoms with E-state index in [2.05, 4.69) is 18.6 Å². The van der Waals surface area contributed by atoms with E-state index < -0.39 is 12.1 Å². The molecule has 1 aromatic rings. The monoisotopic (exact) mass is 226 g/mol. The van der Waals surface area contributed by atoms with Gasteiger partial charge in [-0.15, -0.1) is 0 Å². The van der Waals surface area contributed by atoms with Gasteiger partial charge in [0.25, 0.3) is 0 Å². The minimum Gasteiger partial charge on any atom is -0.463 e. The molecule has 0 aliphatic carbocycles. The van der Waals surface area contributed by atoms with E-state index in [0.717, 1.165) is 6.42 Å². The number of aliphatic hydroxyl groups is 1. The van der Waals surface area contributed by atoms with E-state index >= 15 is 0 Å². The van der Waals surface area contributed by atoms with Crippen LogP contribution in [0.2, 0.25) is 0 Å². The van der Waals surface area contributed by atoms with Gasteiger partial charge in [0.1, 0.15) is 11.9 Å². The fraction of sp³-hybridized carbons (Fsp3) is 0.583. The minimum atomic E-state index is -0.659. The molecule has 1 aromatic heterocycles. The first kappa shape index (κ1) is 12.8. The predicted molar refractivity (Wildman–Crippen MR) is 59.1 cm³/mol. The molecule has 0 aliphatic heterocycles. The predicted octanol–water partition coefficient (Wildman–Crippen LogP) is 2.54. The Morgan fingerprint density at radius 2 is 2.25 bits per heavy atom. The third-order valence-corrected chi connectivity index (χ3v) is 2.66. The fourth-order valence-electron chi connectivity index (χ4n) is 1.41. The number of aliphatic hydroxyl groups excluding tert-OH is 1. The molecular formula is C12H18O4. The van der Waals surface area contributed by atoms with Crippen LogP contribution in [-0.4, -0.2) is 18.2 Å². The zero-order valence-corrected chi connectivity index (χ0v) is 9.90. The summed E-state index contributed by atoms with van der Waals surface area (Å²) in [5, 5.41) is 9.84. The molecule has 0 bridgehead atoms. The Labute approximate surface area is 95.2 Å². The number of esters is 1. The fourth-order valence-corrected chi connectivity index (χ4v) is 1.41. The first-order valence-corrected chi connectivity index (χ1v) is 5.44. The van der Waals surface area contributed by atoms with E-state index in [4.69, 9.17) is 4.42 Å². The molecule has 4 nitrogen and oxygen atoms in total. The van der Waals surface area contributed by atoms with Crippen LogP contribution in [-0.2, 0) is 4.74 Å². The average molecular weight is 226 g/mol. The van der Waals surface area contributed by atoms with Crippen molar-refractivity contribution >= 4 is 5.97 Å². The summed E-state index contributed by atoms with van der Waals surface area (Å²) in [5.74, 6) is 0.435. The van der Waals surface area contributed by atoms with Crippen LogP contribution >= 0.6 is 0 Å². The molecule has 1 N–H and O–H groups in total. The van der Waals surface area contributed by atoms with Gasteiger partial charge in [0.15, 0.2) is 0 Å². The van der Waals surface area contributed by atoms with Crippen LogP contribution in [0.3, 0.4) is 0 Å². The van der Waals surface area contributed by atoms with Crippen molar-refractivity contribution in [1.29, 1.82) is 0 Å². The van der Waals surface area contributed by atoms with Crippen LogP contribution in [0, 0.1) is 5.92 Å². The molecule has 0 amide bonds.